The summed E-state index contributed by atoms with van der Waals surface area (Å²) in [7, 11) is -0.703. The van der Waals surface area contributed by atoms with Crippen molar-refractivity contribution in [2.24, 2.45) is 0 Å². The monoisotopic (exact) mass is 544 g/mol. The standard InChI is InChI=1S/C26H25ClN2O5S2/c1-16(30)24-8-9-25(35-24)18-11-19-12-21(34-26(19)23(27)13-18)7-6-20(31)5-4-17-10-22(15-28-14-17)36(32,33)29(2)3/h4-5,8-11,13-15,21H,6-7,12H2,1-3H3/b5-4+. The van der Waals surface area contributed by atoms with Crippen LogP contribution in [0.5, 0.6) is 5.75 Å². The fraction of sp³-hybridized carbons (Fsp3) is 0.269. The number of benzene rings is 1. The zero-order valence-corrected chi connectivity index (χ0v) is 22.4. The van der Waals surface area contributed by atoms with Crippen molar-refractivity contribution in [2.75, 3.05) is 14.1 Å². The van der Waals surface area contributed by atoms with Crippen molar-refractivity contribution in [3.8, 4) is 16.2 Å². The summed E-state index contributed by atoms with van der Waals surface area (Å²) in [5, 5.41) is 0.508. The van der Waals surface area contributed by atoms with Gasteiger partial charge >= 0.3 is 0 Å². The number of sulfonamides is 1. The Bertz CT molecular complexity index is 1460. The zero-order valence-electron chi connectivity index (χ0n) is 20.0. The first kappa shape index (κ1) is 26.2. The zero-order chi connectivity index (χ0) is 26.0. The minimum Gasteiger partial charge on any atom is -0.488 e. The normalized spacial score (nSPS) is 15.3. The molecule has 0 amide bonds. The molecule has 188 valence electrons. The third-order valence-corrected chi connectivity index (χ3v) is 9.07. The summed E-state index contributed by atoms with van der Waals surface area (Å²) >= 11 is 7.92. The van der Waals surface area contributed by atoms with Gasteiger partial charge in [-0.2, -0.15) is 0 Å². The number of hydrogen-bond acceptors (Lipinski definition) is 7. The quantitative estimate of drug-likeness (QED) is 0.269. The summed E-state index contributed by atoms with van der Waals surface area (Å²) < 4.78 is 31.7. The van der Waals surface area contributed by atoms with Gasteiger partial charge in [0.25, 0.3) is 0 Å². The number of fused-ring (bicyclic) bond motifs is 1. The summed E-state index contributed by atoms with van der Waals surface area (Å²) in [5.41, 5.74) is 2.44. The van der Waals surface area contributed by atoms with E-state index in [1.807, 2.05) is 24.3 Å². The minimum absolute atomic E-state index is 0.0307. The summed E-state index contributed by atoms with van der Waals surface area (Å²) in [6.07, 6.45) is 7.03. The molecule has 10 heteroatoms. The molecule has 1 aliphatic rings. The average molecular weight is 545 g/mol. The molecule has 36 heavy (non-hydrogen) atoms. The fourth-order valence-electron chi connectivity index (χ4n) is 3.83. The lowest BCUT2D eigenvalue weighted by Crippen LogP contribution is -2.22. The summed E-state index contributed by atoms with van der Waals surface area (Å²) in [6.45, 7) is 1.55. The van der Waals surface area contributed by atoms with Crippen molar-refractivity contribution in [1.29, 1.82) is 0 Å². The molecule has 0 saturated carbocycles. The first-order chi connectivity index (χ1) is 17.0. The topological polar surface area (TPSA) is 93.6 Å². The van der Waals surface area contributed by atoms with Crippen molar-refractivity contribution < 1.29 is 22.7 Å². The predicted octanol–water partition coefficient (Wildman–Crippen LogP) is 5.28. The third-order valence-electron chi connectivity index (χ3n) is 5.78. The molecular formula is C26H25ClN2O5S2. The van der Waals surface area contributed by atoms with E-state index in [0.717, 1.165) is 20.3 Å². The number of aromatic nitrogens is 1. The van der Waals surface area contributed by atoms with Crippen LogP contribution in [0.4, 0.5) is 0 Å². The highest BCUT2D eigenvalue weighted by molar-refractivity contribution is 7.89. The lowest BCUT2D eigenvalue weighted by molar-refractivity contribution is -0.115. The van der Waals surface area contributed by atoms with Gasteiger partial charge in [0, 0.05) is 49.8 Å². The number of ether oxygens (including phenoxy) is 1. The van der Waals surface area contributed by atoms with Crippen LogP contribution in [0.2, 0.25) is 5.02 Å². The smallest absolute Gasteiger partial charge is 0.244 e. The molecule has 2 aromatic heterocycles. The Balaban J connectivity index is 1.37. The van der Waals surface area contributed by atoms with Gasteiger partial charge in [0.1, 0.15) is 16.7 Å². The molecule has 0 radical (unpaired) electrons. The van der Waals surface area contributed by atoms with Crippen LogP contribution in [-0.4, -0.2) is 49.5 Å². The van der Waals surface area contributed by atoms with E-state index in [4.69, 9.17) is 16.3 Å². The van der Waals surface area contributed by atoms with Crippen molar-refractivity contribution in [3.05, 3.63) is 69.8 Å². The van der Waals surface area contributed by atoms with Gasteiger partial charge in [-0.05, 0) is 67.0 Å². The van der Waals surface area contributed by atoms with Crippen molar-refractivity contribution in [2.45, 2.75) is 37.2 Å². The van der Waals surface area contributed by atoms with E-state index in [1.54, 1.807) is 13.0 Å². The van der Waals surface area contributed by atoms with E-state index in [-0.39, 0.29) is 29.0 Å². The predicted molar refractivity (Wildman–Crippen MR) is 141 cm³/mol. The van der Waals surface area contributed by atoms with E-state index in [0.29, 0.717) is 34.1 Å². The molecule has 3 heterocycles. The number of halogens is 1. The highest BCUT2D eigenvalue weighted by atomic mass is 35.5. The van der Waals surface area contributed by atoms with Crippen LogP contribution >= 0.6 is 22.9 Å². The van der Waals surface area contributed by atoms with Crippen molar-refractivity contribution in [1.82, 2.24) is 9.29 Å². The molecule has 0 bridgehead atoms. The molecule has 3 aromatic rings. The maximum atomic E-state index is 12.5. The largest absolute Gasteiger partial charge is 0.488 e. The number of Topliss-reactive ketones (excluding diaryl/α,β-unsaturated/α-hetero) is 1. The van der Waals surface area contributed by atoms with Gasteiger partial charge in [-0.15, -0.1) is 11.3 Å². The highest BCUT2D eigenvalue weighted by Crippen LogP contribution is 2.41. The van der Waals surface area contributed by atoms with Crippen LogP contribution in [0.15, 0.2) is 53.7 Å². The van der Waals surface area contributed by atoms with E-state index in [2.05, 4.69) is 4.98 Å². The Labute approximate surface area is 219 Å². The van der Waals surface area contributed by atoms with Crippen LogP contribution < -0.4 is 4.74 Å². The molecule has 1 unspecified atom stereocenters. The number of thiophene rings is 1. The second kappa shape index (κ2) is 10.6. The Kier molecular flexibility index (Phi) is 7.75. The fourth-order valence-corrected chi connectivity index (χ4v) is 5.90. The Morgan fingerprint density at radius 2 is 2.00 bits per heavy atom. The first-order valence-electron chi connectivity index (χ1n) is 11.2. The van der Waals surface area contributed by atoms with Crippen LogP contribution in [-0.2, 0) is 21.2 Å². The number of nitrogens with zero attached hydrogens (tertiary/aromatic N) is 2. The summed E-state index contributed by atoms with van der Waals surface area (Å²) in [5.74, 6) is 0.572. The summed E-state index contributed by atoms with van der Waals surface area (Å²) in [4.78, 5) is 29.8. The highest BCUT2D eigenvalue weighted by Gasteiger charge is 2.26. The molecule has 4 rings (SSSR count). The SMILES string of the molecule is CC(=O)c1ccc(-c2cc(Cl)c3c(c2)CC(CCC(=O)/C=C/c2cncc(S(=O)(=O)N(C)C)c2)O3)s1. The van der Waals surface area contributed by atoms with E-state index < -0.39 is 10.0 Å². The van der Waals surface area contributed by atoms with Crippen molar-refractivity contribution in [3.63, 3.8) is 0 Å². The number of ketones is 2. The van der Waals surface area contributed by atoms with E-state index >= 15 is 0 Å². The minimum atomic E-state index is -3.60. The molecule has 1 atom stereocenters. The first-order valence-corrected chi connectivity index (χ1v) is 13.9. The number of carbonyl (C=O) groups excluding carboxylic acids is 2. The van der Waals surface area contributed by atoms with Gasteiger partial charge in [-0.3, -0.25) is 14.6 Å². The Morgan fingerprint density at radius 1 is 1.22 bits per heavy atom. The number of carbonyl (C=O) groups is 2. The van der Waals surface area contributed by atoms with E-state index in [1.165, 1.54) is 50.0 Å². The molecule has 1 aliphatic heterocycles. The molecule has 0 aliphatic carbocycles. The molecular weight excluding hydrogens is 520 g/mol. The van der Waals surface area contributed by atoms with Crippen LogP contribution in [0, 0.1) is 0 Å². The second-order valence-corrected chi connectivity index (χ2v) is 12.3. The number of hydrogen-bond donors (Lipinski definition) is 0. The lowest BCUT2D eigenvalue weighted by Gasteiger charge is -2.11. The third kappa shape index (κ3) is 5.75. The average Bonchev–Trinajstić information content (AvgIpc) is 3.49. The van der Waals surface area contributed by atoms with E-state index in [9.17, 15) is 18.0 Å². The van der Waals surface area contributed by atoms with Gasteiger partial charge in [0.2, 0.25) is 10.0 Å². The van der Waals surface area contributed by atoms with Crippen LogP contribution in [0.1, 0.15) is 40.6 Å². The van der Waals surface area contributed by atoms with Crippen LogP contribution in [0.25, 0.3) is 16.5 Å². The lowest BCUT2D eigenvalue weighted by atomic mass is 10.0. The molecule has 1 aromatic carbocycles. The van der Waals surface area contributed by atoms with Gasteiger partial charge in [-0.25, -0.2) is 12.7 Å². The molecule has 0 fully saturated rings. The maximum Gasteiger partial charge on any atom is 0.244 e. The molecule has 0 N–H and O–H groups in total. The van der Waals surface area contributed by atoms with Gasteiger partial charge in [-0.1, -0.05) is 11.6 Å². The number of allylic oxidation sites excluding steroid dienone is 1. The van der Waals surface area contributed by atoms with Crippen molar-refractivity contribution >= 4 is 50.6 Å². The summed E-state index contributed by atoms with van der Waals surface area (Å²) in [6, 6.07) is 9.08. The van der Waals surface area contributed by atoms with Gasteiger partial charge < -0.3 is 4.74 Å². The van der Waals surface area contributed by atoms with Crippen LogP contribution in [0.3, 0.4) is 0 Å². The molecule has 0 saturated heterocycles. The Morgan fingerprint density at radius 3 is 2.69 bits per heavy atom. The molecule has 7 nitrogen and oxygen atoms in total. The molecule has 0 spiro atoms. The van der Waals surface area contributed by atoms with Gasteiger partial charge in [0.15, 0.2) is 11.6 Å². The maximum absolute atomic E-state index is 12.5. The second-order valence-electron chi connectivity index (χ2n) is 8.69. The van der Waals surface area contributed by atoms with Gasteiger partial charge in [0.05, 0.1) is 9.90 Å². The Hall–Kier alpha value is -2.85. The number of rotatable bonds is 9. The number of pyridine rings is 1.